The number of likely N-dealkylation sites (tertiary alicyclic amines) is 1. The molecular weight excluding hydrogens is 422 g/mol. The SMILES string of the molecule is Cc1ccc(NC(=O)N2CCC(CN3C(=O)c4ccccc4C3=O)CC2)cc1-n1cnnn1. The summed E-state index contributed by atoms with van der Waals surface area (Å²) >= 11 is 0. The number of benzene rings is 2. The standard InChI is InChI=1S/C23H23N7O3/c1-15-6-7-17(12-20(15)30-14-24-26-27-30)25-23(33)28-10-8-16(9-11-28)13-29-21(31)18-4-2-3-5-19(18)22(29)32/h2-7,12,14,16H,8-11,13H2,1H3,(H,25,33). The third-order valence-corrected chi connectivity index (χ3v) is 6.28. The summed E-state index contributed by atoms with van der Waals surface area (Å²) in [5.74, 6) is -0.288. The molecule has 0 radical (unpaired) electrons. The van der Waals surface area contributed by atoms with Crippen LogP contribution in [0.25, 0.3) is 5.69 Å². The number of carbonyl (C=O) groups is 3. The van der Waals surface area contributed by atoms with Gasteiger partial charge in [0.1, 0.15) is 6.33 Å². The topological polar surface area (TPSA) is 113 Å². The number of fused-ring (bicyclic) bond motifs is 1. The Labute approximate surface area is 190 Å². The fourth-order valence-electron chi connectivity index (χ4n) is 4.39. The number of hydrogen-bond donors (Lipinski definition) is 1. The molecule has 0 bridgehead atoms. The number of aromatic nitrogens is 4. The minimum Gasteiger partial charge on any atom is -0.325 e. The van der Waals surface area contributed by atoms with E-state index in [9.17, 15) is 14.4 Å². The molecular formula is C23H23N7O3. The average molecular weight is 445 g/mol. The van der Waals surface area contributed by atoms with Crippen LogP contribution in [0.2, 0.25) is 0 Å². The third kappa shape index (κ3) is 3.95. The largest absolute Gasteiger partial charge is 0.325 e. The van der Waals surface area contributed by atoms with E-state index in [1.807, 2.05) is 25.1 Å². The van der Waals surface area contributed by atoms with E-state index in [0.29, 0.717) is 36.4 Å². The van der Waals surface area contributed by atoms with Crippen molar-refractivity contribution in [3.8, 4) is 5.69 Å². The van der Waals surface area contributed by atoms with Gasteiger partial charge < -0.3 is 10.2 Å². The number of anilines is 1. The van der Waals surface area contributed by atoms with Gasteiger partial charge in [-0.15, -0.1) is 5.10 Å². The van der Waals surface area contributed by atoms with E-state index in [4.69, 9.17) is 0 Å². The number of rotatable bonds is 4. The van der Waals surface area contributed by atoms with Gasteiger partial charge >= 0.3 is 6.03 Å². The molecule has 4 amide bonds. The van der Waals surface area contributed by atoms with Gasteiger partial charge in [0, 0.05) is 25.3 Å². The molecule has 3 aromatic rings. The van der Waals surface area contributed by atoms with Gasteiger partial charge in [-0.05, 0) is 65.9 Å². The second-order valence-corrected chi connectivity index (χ2v) is 8.38. The van der Waals surface area contributed by atoms with Gasteiger partial charge in [-0.2, -0.15) is 0 Å². The van der Waals surface area contributed by atoms with Crippen molar-refractivity contribution in [3.63, 3.8) is 0 Å². The smallest absolute Gasteiger partial charge is 0.321 e. The van der Waals surface area contributed by atoms with E-state index in [0.717, 1.165) is 24.1 Å². The van der Waals surface area contributed by atoms with Crippen LogP contribution in [0.4, 0.5) is 10.5 Å². The summed E-state index contributed by atoms with van der Waals surface area (Å²) in [6.07, 6.45) is 2.96. The summed E-state index contributed by atoms with van der Waals surface area (Å²) in [5, 5.41) is 14.2. The van der Waals surface area contributed by atoms with Gasteiger partial charge in [0.05, 0.1) is 16.8 Å². The summed E-state index contributed by atoms with van der Waals surface area (Å²) in [5.41, 5.74) is 3.37. The molecule has 3 heterocycles. The minimum absolute atomic E-state index is 0.169. The number of nitrogens with one attached hydrogen (secondary N) is 1. The number of nitrogens with zero attached hydrogens (tertiary/aromatic N) is 6. The van der Waals surface area contributed by atoms with Crippen LogP contribution in [-0.2, 0) is 0 Å². The highest BCUT2D eigenvalue weighted by Gasteiger charge is 2.37. The first-order valence-electron chi connectivity index (χ1n) is 10.9. The first-order valence-corrected chi connectivity index (χ1v) is 10.9. The lowest BCUT2D eigenvalue weighted by atomic mass is 9.96. The van der Waals surface area contributed by atoms with Crippen molar-refractivity contribution in [1.82, 2.24) is 30.0 Å². The highest BCUT2D eigenvalue weighted by atomic mass is 16.2. The van der Waals surface area contributed by atoms with Crippen LogP contribution in [0.1, 0.15) is 39.1 Å². The van der Waals surface area contributed by atoms with Crippen LogP contribution in [0.5, 0.6) is 0 Å². The van der Waals surface area contributed by atoms with Gasteiger partial charge in [0.2, 0.25) is 0 Å². The molecule has 10 nitrogen and oxygen atoms in total. The highest BCUT2D eigenvalue weighted by molar-refractivity contribution is 6.21. The van der Waals surface area contributed by atoms with Crippen molar-refractivity contribution in [2.45, 2.75) is 19.8 Å². The second kappa shape index (κ2) is 8.45. The minimum atomic E-state index is -0.228. The molecule has 0 aliphatic carbocycles. The zero-order chi connectivity index (χ0) is 22.9. The lowest BCUT2D eigenvalue weighted by Crippen LogP contribution is -2.44. The first kappa shape index (κ1) is 20.8. The quantitative estimate of drug-likeness (QED) is 0.618. The fraction of sp³-hybridized carbons (Fsp3) is 0.304. The van der Waals surface area contributed by atoms with Crippen LogP contribution in [0, 0.1) is 12.8 Å². The maximum Gasteiger partial charge on any atom is 0.321 e. The van der Waals surface area contributed by atoms with Crippen LogP contribution < -0.4 is 5.32 Å². The number of piperidine rings is 1. The Bertz CT molecular complexity index is 1180. The molecule has 1 aromatic heterocycles. The van der Waals surface area contributed by atoms with Gasteiger partial charge in [-0.1, -0.05) is 18.2 Å². The Balaban J connectivity index is 1.17. The summed E-state index contributed by atoms with van der Waals surface area (Å²) in [4.78, 5) is 41.1. The molecule has 1 fully saturated rings. The van der Waals surface area contributed by atoms with Crippen molar-refractivity contribution >= 4 is 23.5 Å². The van der Waals surface area contributed by atoms with E-state index in [1.165, 1.54) is 11.2 Å². The lowest BCUT2D eigenvalue weighted by molar-refractivity contribution is 0.0605. The van der Waals surface area contributed by atoms with E-state index in [-0.39, 0.29) is 23.8 Å². The number of tetrazole rings is 1. The average Bonchev–Trinajstić information content (AvgIpc) is 3.45. The molecule has 0 saturated carbocycles. The second-order valence-electron chi connectivity index (χ2n) is 8.38. The van der Waals surface area contributed by atoms with Crippen LogP contribution >= 0.6 is 0 Å². The van der Waals surface area contributed by atoms with E-state index in [2.05, 4.69) is 20.8 Å². The monoisotopic (exact) mass is 445 g/mol. The number of carbonyl (C=O) groups excluding carboxylic acids is 3. The Morgan fingerprint density at radius 2 is 1.76 bits per heavy atom. The lowest BCUT2D eigenvalue weighted by Gasteiger charge is -2.33. The van der Waals surface area contributed by atoms with Gasteiger partial charge in [0.15, 0.2) is 0 Å². The highest BCUT2D eigenvalue weighted by Crippen LogP contribution is 2.27. The van der Waals surface area contributed by atoms with Gasteiger partial charge in [-0.3, -0.25) is 14.5 Å². The summed E-state index contributed by atoms with van der Waals surface area (Å²) in [6, 6.07) is 12.3. The number of amides is 4. The molecule has 0 unspecified atom stereocenters. The van der Waals surface area contributed by atoms with Crippen molar-refractivity contribution < 1.29 is 14.4 Å². The van der Waals surface area contributed by atoms with Gasteiger partial charge in [0.25, 0.3) is 11.8 Å². The molecule has 2 aliphatic rings. The maximum absolute atomic E-state index is 12.8. The summed E-state index contributed by atoms with van der Waals surface area (Å²) in [6.45, 7) is 3.45. The van der Waals surface area contributed by atoms with Crippen molar-refractivity contribution in [2.75, 3.05) is 25.0 Å². The number of hydrogen-bond acceptors (Lipinski definition) is 6. The zero-order valence-corrected chi connectivity index (χ0v) is 18.1. The molecule has 2 aromatic carbocycles. The Morgan fingerprint density at radius 1 is 1.06 bits per heavy atom. The number of urea groups is 1. The fourth-order valence-corrected chi connectivity index (χ4v) is 4.39. The Kier molecular flexibility index (Phi) is 5.33. The Morgan fingerprint density at radius 3 is 2.39 bits per heavy atom. The van der Waals surface area contributed by atoms with E-state index >= 15 is 0 Å². The third-order valence-electron chi connectivity index (χ3n) is 6.28. The number of imide groups is 1. The predicted molar refractivity (Wildman–Crippen MR) is 119 cm³/mol. The molecule has 0 spiro atoms. The molecule has 5 rings (SSSR count). The molecule has 1 N–H and O–H groups in total. The maximum atomic E-state index is 12.8. The van der Waals surface area contributed by atoms with Crippen LogP contribution in [-0.4, -0.2) is 67.5 Å². The van der Waals surface area contributed by atoms with Gasteiger partial charge in [-0.25, -0.2) is 9.48 Å². The summed E-state index contributed by atoms with van der Waals surface area (Å²) in [7, 11) is 0. The first-order chi connectivity index (χ1) is 16.0. The zero-order valence-electron chi connectivity index (χ0n) is 18.1. The van der Waals surface area contributed by atoms with Crippen molar-refractivity contribution in [1.29, 1.82) is 0 Å². The van der Waals surface area contributed by atoms with Crippen molar-refractivity contribution in [2.24, 2.45) is 5.92 Å². The van der Waals surface area contributed by atoms with Crippen molar-refractivity contribution in [3.05, 3.63) is 65.5 Å². The normalized spacial score (nSPS) is 16.3. The number of aryl methyl sites for hydroxylation is 1. The van der Waals surface area contributed by atoms with E-state index < -0.39 is 0 Å². The molecule has 2 aliphatic heterocycles. The molecule has 33 heavy (non-hydrogen) atoms. The molecule has 168 valence electrons. The van der Waals surface area contributed by atoms with E-state index in [1.54, 1.807) is 33.8 Å². The molecule has 1 saturated heterocycles. The molecule has 0 atom stereocenters. The molecule has 10 heteroatoms. The van der Waals surface area contributed by atoms with Crippen LogP contribution in [0.15, 0.2) is 48.8 Å². The predicted octanol–water partition coefficient (Wildman–Crippen LogP) is 2.51. The van der Waals surface area contributed by atoms with Crippen LogP contribution in [0.3, 0.4) is 0 Å². The Hall–Kier alpha value is -4.08. The summed E-state index contributed by atoms with van der Waals surface area (Å²) < 4.78 is 1.55.